The first-order valence-corrected chi connectivity index (χ1v) is 12.0. The second kappa shape index (κ2) is 12.8. The lowest BCUT2D eigenvalue weighted by atomic mass is 9.95. The number of esters is 1. The molecule has 11 heteroatoms. The van der Waals surface area contributed by atoms with Crippen molar-refractivity contribution < 1.29 is 37.3 Å². The number of hydrogen-bond acceptors (Lipinski definition) is 6. The van der Waals surface area contributed by atoms with Crippen LogP contribution in [0.15, 0.2) is 47.3 Å². The number of rotatable bonds is 5. The third-order valence-corrected chi connectivity index (χ3v) is 5.49. The number of carbonyl (C=O) groups is 2. The quantitative estimate of drug-likeness (QED) is 0.449. The van der Waals surface area contributed by atoms with Crippen molar-refractivity contribution in [1.82, 2.24) is 9.88 Å². The van der Waals surface area contributed by atoms with Crippen molar-refractivity contribution in [1.29, 1.82) is 0 Å². The Labute approximate surface area is 224 Å². The molecule has 0 fully saturated rings. The van der Waals surface area contributed by atoms with Gasteiger partial charge in [0.15, 0.2) is 0 Å². The number of amides is 1. The number of fused-ring (bicyclic) bond motifs is 1. The summed E-state index contributed by atoms with van der Waals surface area (Å²) < 4.78 is 52.1. The summed E-state index contributed by atoms with van der Waals surface area (Å²) in [6, 6.07) is 11.3. The minimum absolute atomic E-state index is 0.0752. The van der Waals surface area contributed by atoms with E-state index in [0.717, 1.165) is 5.56 Å². The van der Waals surface area contributed by atoms with E-state index in [9.17, 15) is 32.7 Å². The van der Waals surface area contributed by atoms with Crippen LogP contribution in [0, 0.1) is 6.92 Å². The van der Waals surface area contributed by atoms with Gasteiger partial charge in [0.25, 0.3) is 5.56 Å². The standard InChI is InChI=1S/C20H18F3NO2.C8H15NO4/c1-12-4-3-5-13(8-12)9-16-18(20(21,22)23)15-10-14(11-25)6-7-17(15)24(2)19(16)26;1-8(2,3)13-7(11)9-5-6(10)12-4/h3-8,10,25H,9,11H2,1-2H3;5H2,1-4H3,(H,9,11). The fourth-order valence-corrected chi connectivity index (χ4v) is 3.80. The van der Waals surface area contributed by atoms with Gasteiger partial charge in [-0.1, -0.05) is 35.9 Å². The molecular weight excluding hydrogens is 517 g/mol. The Morgan fingerprint density at radius 3 is 2.26 bits per heavy atom. The molecule has 2 aromatic carbocycles. The van der Waals surface area contributed by atoms with Gasteiger partial charge in [0.05, 0.1) is 24.8 Å². The zero-order valence-corrected chi connectivity index (χ0v) is 22.7. The summed E-state index contributed by atoms with van der Waals surface area (Å²) in [6.45, 7) is 6.52. The van der Waals surface area contributed by atoms with Crippen molar-refractivity contribution in [2.45, 2.75) is 52.5 Å². The zero-order valence-electron chi connectivity index (χ0n) is 22.7. The number of pyridine rings is 1. The maximum atomic E-state index is 13.9. The van der Waals surface area contributed by atoms with Gasteiger partial charge in [-0.3, -0.25) is 9.59 Å². The van der Waals surface area contributed by atoms with E-state index >= 15 is 0 Å². The third kappa shape index (κ3) is 8.85. The summed E-state index contributed by atoms with van der Waals surface area (Å²) in [7, 11) is 2.71. The minimum Gasteiger partial charge on any atom is -0.468 e. The average Bonchev–Trinajstić information content (AvgIpc) is 2.84. The molecular formula is C28H33F3N2O6. The highest BCUT2D eigenvalue weighted by molar-refractivity contribution is 5.85. The molecule has 0 aliphatic carbocycles. The van der Waals surface area contributed by atoms with Gasteiger partial charge in [0, 0.05) is 24.4 Å². The molecule has 212 valence electrons. The van der Waals surface area contributed by atoms with E-state index in [-0.39, 0.29) is 36.0 Å². The maximum Gasteiger partial charge on any atom is 0.417 e. The Hall–Kier alpha value is -3.86. The number of nitrogens with one attached hydrogen (secondary N) is 1. The number of methoxy groups -OCH3 is 1. The van der Waals surface area contributed by atoms with E-state index in [0.29, 0.717) is 11.1 Å². The Kier molecular flexibility index (Phi) is 10.3. The van der Waals surface area contributed by atoms with Crippen molar-refractivity contribution in [3.63, 3.8) is 0 Å². The summed E-state index contributed by atoms with van der Waals surface area (Å²) >= 11 is 0. The lowest BCUT2D eigenvalue weighted by molar-refractivity contribution is -0.139. The van der Waals surface area contributed by atoms with E-state index in [2.05, 4.69) is 10.1 Å². The second-order valence-electron chi connectivity index (χ2n) is 9.82. The number of carbonyl (C=O) groups excluding carboxylic acids is 2. The average molecular weight is 551 g/mol. The molecule has 0 spiro atoms. The van der Waals surface area contributed by atoms with Crippen LogP contribution in [0.25, 0.3) is 10.9 Å². The molecule has 2 N–H and O–H groups in total. The number of alkyl halides is 3. The molecule has 0 unspecified atom stereocenters. The van der Waals surface area contributed by atoms with Gasteiger partial charge in [-0.2, -0.15) is 13.2 Å². The van der Waals surface area contributed by atoms with E-state index in [1.54, 1.807) is 39.0 Å². The molecule has 0 atom stereocenters. The van der Waals surface area contributed by atoms with Crippen LogP contribution in [0.1, 0.15) is 48.6 Å². The summed E-state index contributed by atoms with van der Waals surface area (Å²) in [5, 5.41) is 11.5. The highest BCUT2D eigenvalue weighted by atomic mass is 19.4. The Morgan fingerprint density at radius 2 is 1.72 bits per heavy atom. The summed E-state index contributed by atoms with van der Waals surface area (Å²) in [5.74, 6) is -0.508. The van der Waals surface area contributed by atoms with Gasteiger partial charge in [-0.25, -0.2) is 4.79 Å². The first kappa shape index (κ1) is 31.4. The van der Waals surface area contributed by atoms with E-state index < -0.39 is 35.0 Å². The number of hydrogen-bond donors (Lipinski definition) is 2. The Morgan fingerprint density at radius 1 is 1.05 bits per heavy atom. The molecule has 3 rings (SSSR count). The summed E-state index contributed by atoms with van der Waals surface area (Å²) in [5.41, 5.74) is -0.318. The largest absolute Gasteiger partial charge is 0.468 e. The van der Waals surface area contributed by atoms with Crippen LogP contribution in [0.3, 0.4) is 0 Å². The molecule has 0 saturated heterocycles. The maximum absolute atomic E-state index is 13.9. The molecule has 0 bridgehead atoms. The number of aliphatic hydroxyl groups excluding tert-OH is 1. The van der Waals surface area contributed by atoms with E-state index in [1.807, 2.05) is 13.0 Å². The monoisotopic (exact) mass is 550 g/mol. The van der Waals surface area contributed by atoms with Crippen LogP contribution in [0.4, 0.5) is 18.0 Å². The van der Waals surface area contributed by atoms with E-state index in [1.165, 1.54) is 36.9 Å². The lowest BCUT2D eigenvalue weighted by Gasteiger charge is -2.19. The number of nitrogens with zero attached hydrogens (tertiary/aromatic N) is 1. The normalized spacial score (nSPS) is 11.4. The van der Waals surface area contributed by atoms with Crippen LogP contribution < -0.4 is 10.9 Å². The van der Waals surface area contributed by atoms with Gasteiger partial charge < -0.3 is 24.5 Å². The van der Waals surface area contributed by atoms with Crippen LogP contribution in [0.5, 0.6) is 0 Å². The smallest absolute Gasteiger partial charge is 0.417 e. The third-order valence-electron chi connectivity index (χ3n) is 5.49. The van der Waals surface area contributed by atoms with Crippen molar-refractivity contribution in [2.24, 2.45) is 7.05 Å². The van der Waals surface area contributed by atoms with Crippen molar-refractivity contribution in [3.8, 4) is 0 Å². The fourth-order valence-electron chi connectivity index (χ4n) is 3.80. The van der Waals surface area contributed by atoms with Gasteiger partial charge in [-0.15, -0.1) is 0 Å². The Bertz CT molecular complexity index is 1390. The number of aryl methyl sites for hydroxylation is 2. The minimum atomic E-state index is -4.68. The fraction of sp³-hybridized carbons (Fsp3) is 0.393. The van der Waals surface area contributed by atoms with Gasteiger partial charge in [0.1, 0.15) is 12.1 Å². The number of ether oxygens (including phenoxy) is 2. The summed E-state index contributed by atoms with van der Waals surface area (Å²) in [4.78, 5) is 34.2. The van der Waals surface area contributed by atoms with Crippen LogP contribution in [-0.4, -0.2) is 41.0 Å². The molecule has 0 saturated carbocycles. The van der Waals surface area contributed by atoms with Crippen molar-refractivity contribution in [3.05, 3.63) is 80.6 Å². The first-order chi connectivity index (χ1) is 18.1. The molecule has 0 aliphatic rings. The number of benzene rings is 2. The van der Waals surface area contributed by atoms with Crippen molar-refractivity contribution in [2.75, 3.05) is 13.7 Å². The van der Waals surface area contributed by atoms with Gasteiger partial charge in [-0.05, 0) is 51.0 Å². The molecule has 1 heterocycles. The number of aliphatic hydroxyl groups is 1. The molecule has 8 nitrogen and oxygen atoms in total. The SMILES string of the molecule is COC(=O)CNC(=O)OC(C)(C)C.Cc1cccc(Cc2c(C(F)(F)F)c3cc(CO)ccc3n(C)c2=O)c1. The predicted octanol–water partition coefficient (Wildman–Crippen LogP) is 4.63. The zero-order chi connectivity index (χ0) is 29.5. The molecule has 1 aromatic heterocycles. The van der Waals surface area contributed by atoms with Crippen LogP contribution in [0.2, 0.25) is 0 Å². The number of aromatic nitrogens is 1. The second-order valence-corrected chi connectivity index (χ2v) is 9.82. The lowest BCUT2D eigenvalue weighted by Crippen LogP contribution is -2.35. The molecule has 1 amide bonds. The van der Waals surface area contributed by atoms with Crippen LogP contribution in [-0.2, 0) is 40.5 Å². The topological polar surface area (TPSA) is 107 Å². The number of halogens is 3. The molecule has 0 radical (unpaired) electrons. The highest BCUT2D eigenvalue weighted by Gasteiger charge is 2.37. The molecule has 3 aromatic rings. The highest BCUT2D eigenvalue weighted by Crippen LogP contribution is 2.37. The van der Waals surface area contributed by atoms with Gasteiger partial charge >= 0.3 is 18.2 Å². The van der Waals surface area contributed by atoms with Gasteiger partial charge in [0.2, 0.25) is 0 Å². The molecule has 0 aliphatic heterocycles. The van der Waals surface area contributed by atoms with Crippen molar-refractivity contribution >= 4 is 23.0 Å². The molecule has 39 heavy (non-hydrogen) atoms. The van der Waals surface area contributed by atoms with Crippen LogP contribution >= 0.6 is 0 Å². The van der Waals surface area contributed by atoms with E-state index in [4.69, 9.17) is 4.74 Å². The Balaban J connectivity index is 0.000000349. The predicted molar refractivity (Wildman–Crippen MR) is 140 cm³/mol. The number of alkyl carbamates (subject to hydrolysis) is 1. The first-order valence-electron chi connectivity index (χ1n) is 12.0. The summed E-state index contributed by atoms with van der Waals surface area (Å²) in [6.07, 6.45) is -5.42.